The molecule has 0 unspecified atom stereocenters. The molecule has 12 rings (SSSR count). The highest BCUT2D eigenvalue weighted by molar-refractivity contribution is 9.10. The Bertz CT molecular complexity index is 3640. The number of anilines is 5. The second-order valence-electron chi connectivity index (χ2n) is 22.9. The van der Waals surface area contributed by atoms with Crippen LogP contribution < -0.4 is 10.2 Å². The Morgan fingerprint density at radius 2 is 0.946 bits per heavy atom. The second-order valence-corrected chi connectivity index (χ2v) is 24.7. The first-order valence-electron chi connectivity index (χ1n) is 25.6. The number of benzene rings is 8. The fraction of sp³-hybridized carbons (Fsp3) is 0.284. The quantitative estimate of drug-likeness (QED) is 0.186. The van der Waals surface area contributed by atoms with E-state index >= 15 is 0 Å². The highest BCUT2D eigenvalue weighted by atomic mass is 79.9. The van der Waals surface area contributed by atoms with Crippen LogP contribution in [0.4, 0.5) is 28.4 Å². The van der Waals surface area contributed by atoms with E-state index in [2.05, 4.69) is 192 Å². The predicted octanol–water partition coefficient (Wildman–Crippen LogP) is 22.1. The van der Waals surface area contributed by atoms with Crippen LogP contribution in [-0.4, -0.2) is 0 Å². The third kappa shape index (κ3) is 10.4. The molecule has 8 aromatic carbocycles. The number of hydrogen-bond acceptors (Lipinski definition) is 4. The van der Waals surface area contributed by atoms with Crippen molar-refractivity contribution in [3.63, 3.8) is 0 Å². The van der Waals surface area contributed by atoms with E-state index in [1.807, 2.05) is 61.5 Å². The molecule has 2 aliphatic rings. The lowest BCUT2D eigenvalue weighted by Gasteiger charge is -2.42. The molecule has 0 bridgehead atoms. The Morgan fingerprint density at radius 3 is 1.53 bits per heavy atom. The summed E-state index contributed by atoms with van der Waals surface area (Å²) < 4.78 is 13.3. The van der Waals surface area contributed by atoms with Crippen molar-refractivity contribution in [1.29, 1.82) is 0 Å². The first-order chi connectivity index (χ1) is 34.7. The number of nitrogens with one attached hydrogen (secondary N) is 1. The van der Waals surface area contributed by atoms with Gasteiger partial charge in [0.25, 0.3) is 0 Å². The average Bonchev–Trinajstić information content (AvgIpc) is 3.92. The molecule has 2 aromatic heterocycles. The number of furan rings is 2. The van der Waals surface area contributed by atoms with Gasteiger partial charge in [0.1, 0.15) is 22.3 Å². The summed E-state index contributed by atoms with van der Waals surface area (Å²) >= 11 is 15.7. The summed E-state index contributed by atoms with van der Waals surface area (Å²) in [5.74, 6) is 0. The summed E-state index contributed by atoms with van der Waals surface area (Å²) in [6.45, 7) is 23.1. The fourth-order valence-electron chi connectivity index (χ4n) is 11.3. The molecule has 0 amide bonds. The van der Waals surface area contributed by atoms with Crippen molar-refractivity contribution in [3.8, 4) is 0 Å². The summed E-state index contributed by atoms with van der Waals surface area (Å²) in [6.07, 6.45) is 4.83. The van der Waals surface area contributed by atoms with Crippen LogP contribution in [-0.2, 0) is 21.7 Å². The van der Waals surface area contributed by atoms with E-state index in [-0.39, 0.29) is 29.1 Å². The van der Waals surface area contributed by atoms with Crippen LogP contribution in [0.25, 0.3) is 43.9 Å². The van der Waals surface area contributed by atoms with Gasteiger partial charge in [-0.3, -0.25) is 0 Å². The monoisotopic (exact) mass is 1080 g/mol. The first kappa shape index (κ1) is 52.9. The molecular formula is C67H69BrCl2N2O2. The molecule has 0 radical (unpaired) electrons. The number of para-hydroxylation sites is 2. The molecular weight excluding hydrogens is 1020 g/mol. The van der Waals surface area contributed by atoms with Crippen molar-refractivity contribution in [3.05, 3.63) is 206 Å². The molecule has 4 nitrogen and oxygen atoms in total. The highest BCUT2D eigenvalue weighted by Crippen LogP contribution is 2.51. The number of hydrogen-bond donors (Lipinski definition) is 1. The Labute approximate surface area is 457 Å². The van der Waals surface area contributed by atoms with Gasteiger partial charge in [-0.1, -0.05) is 163 Å². The van der Waals surface area contributed by atoms with Crippen LogP contribution in [0.1, 0.15) is 122 Å². The van der Waals surface area contributed by atoms with Gasteiger partial charge in [-0.05, 0) is 192 Å². The molecule has 0 spiro atoms. The van der Waals surface area contributed by atoms with E-state index in [4.69, 9.17) is 32.0 Å². The standard InChI is InChI=1S/C33H32ClNO.C26H27NO.C7H6BrCl.CH4/c1-21-17-22(34)19-24(18-21)35(23-13-14-26-27(20-23)33(4,5)16-15-32(26,2)3)28-10-8-12-30-31(28)25-9-6-7-11-29(25)36-30;1-25(2)14-15-26(3,4)20-16-17(12-13-19(20)25)27-21-9-7-11-23-24(21)18-8-5-6-10-22(18)28-23;1-5-2-6(8)4-7(9)3-5;/h6-14,17-20H,15-16H2,1-5H3;5-13,16,27H,14-15H2,1-4H3;2-4H,1H3;1H4. The molecule has 74 heavy (non-hydrogen) atoms. The third-order valence-electron chi connectivity index (χ3n) is 15.5. The van der Waals surface area contributed by atoms with Gasteiger partial charge in [0, 0.05) is 42.4 Å². The Hall–Kier alpha value is -5.98. The minimum atomic E-state index is 0. The molecule has 1 N–H and O–H groups in total. The minimum absolute atomic E-state index is 0. The number of halogens is 3. The van der Waals surface area contributed by atoms with E-state index in [1.54, 1.807) is 0 Å². The summed E-state index contributed by atoms with van der Waals surface area (Å²) in [4.78, 5) is 2.35. The summed E-state index contributed by atoms with van der Waals surface area (Å²) in [5.41, 5.74) is 18.0. The maximum absolute atomic E-state index is 6.61. The number of aryl methyl sites for hydroxylation is 2. The Balaban J connectivity index is 0.000000157. The smallest absolute Gasteiger partial charge is 0.137 e. The van der Waals surface area contributed by atoms with Crippen molar-refractivity contribution in [2.24, 2.45) is 0 Å². The molecule has 0 atom stereocenters. The molecule has 10 aromatic rings. The molecule has 7 heteroatoms. The van der Waals surface area contributed by atoms with E-state index in [0.29, 0.717) is 0 Å². The molecule has 0 saturated heterocycles. The molecule has 0 fully saturated rings. The van der Waals surface area contributed by atoms with Gasteiger partial charge in [0.2, 0.25) is 0 Å². The summed E-state index contributed by atoms with van der Waals surface area (Å²) in [6, 6.07) is 55.1. The zero-order valence-electron chi connectivity index (χ0n) is 43.7. The molecule has 2 heterocycles. The zero-order chi connectivity index (χ0) is 51.6. The molecule has 0 saturated carbocycles. The normalized spacial score (nSPS) is 15.7. The van der Waals surface area contributed by atoms with Crippen molar-refractivity contribution in [1.82, 2.24) is 0 Å². The Morgan fingerprint density at radius 1 is 0.459 bits per heavy atom. The minimum Gasteiger partial charge on any atom is -0.456 e. The lowest BCUT2D eigenvalue weighted by Crippen LogP contribution is -2.34. The SMILES string of the molecule is C.CC1(C)CCC(C)(C)c2cc(Nc3cccc4oc5ccccc5c34)ccc21.Cc1cc(Cl)cc(Br)c1.Cc1cc(Cl)cc(N(c2ccc3c(c2)C(C)(C)CCC3(C)C)c2cccc3oc4ccccc4c23)c1. The van der Waals surface area contributed by atoms with Gasteiger partial charge >= 0.3 is 0 Å². The van der Waals surface area contributed by atoms with Crippen LogP contribution in [0.3, 0.4) is 0 Å². The van der Waals surface area contributed by atoms with Crippen molar-refractivity contribution in [2.45, 2.75) is 124 Å². The lowest BCUT2D eigenvalue weighted by molar-refractivity contribution is 0.332. The number of nitrogens with zero attached hydrogens (tertiary/aromatic N) is 1. The van der Waals surface area contributed by atoms with Gasteiger partial charge in [0.15, 0.2) is 0 Å². The molecule has 2 aliphatic carbocycles. The van der Waals surface area contributed by atoms with E-state index in [0.717, 1.165) is 92.4 Å². The van der Waals surface area contributed by atoms with E-state index in [1.165, 1.54) is 53.5 Å². The van der Waals surface area contributed by atoms with Crippen molar-refractivity contribution in [2.75, 3.05) is 10.2 Å². The van der Waals surface area contributed by atoms with Crippen LogP contribution in [0, 0.1) is 13.8 Å². The van der Waals surface area contributed by atoms with Gasteiger partial charge in [-0.25, -0.2) is 0 Å². The van der Waals surface area contributed by atoms with Crippen LogP contribution >= 0.6 is 39.1 Å². The summed E-state index contributed by atoms with van der Waals surface area (Å²) in [7, 11) is 0. The first-order valence-corrected chi connectivity index (χ1v) is 27.1. The van der Waals surface area contributed by atoms with Crippen LogP contribution in [0.2, 0.25) is 10.0 Å². The van der Waals surface area contributed by atoms with Gasteiger partial charge < -0.3 is 19.1 Å². The van der Waals surface area contributed by atoms with E-state index < -0.39 is 0 Å². The number of rotatable bonds is 5. The highest BCUT2D eigenvalue weighted by Gasteiger charge is 2.39. The van der Waals surface area contributed by atoms with Gasteiger partial charge in [-0.15, -0.1) is 0 Å². The lowest BCUT2D eigenvalue weighted by atomic mass is 9.63. The molecule has 380 valence electrons. The predicted molar refractivity (Wildman–Crippen MR) is 323 cm³/mol. The fourth-order valence-corrected chi connectivity index (χ4v) is 12.6. The summed E-state index contributed by atoms with van der Waals surface area (Å²) in [5, 5.41) is 9.73. The average molecular weight is 1090 g/mol. The largest absolute Gasteiger partial charge is 0.456 e. The van der Waals surface area contributed by atoms with Gasteiger partial charge in [-0.2, -0.15) is 0 Å². The second kappa shape index (κ2) is 20.3. The Kier molecular flexibility index (Phi) is 14.5. The topological polar surface area (TPSA) is 41.6 Å². The third-order valence-corrected chi connectivity index (χ3v) is 16.4. The van der Waals surface area contributed by atoms with Gasteiger partial charge in [0.05, 0.1) is 22.1 Å². The maximum Gasteiger partial charge on any atom is 0.137 e. The van der Waals surface area contributed by atoms with Crippen molar-refractivity contribution < 1.29 is 8.83 Å². The number of fused-ring (bicyclic) bond motifs is 8. The van der Waals surface area contributed by atoms with Crippen LogP contribution in [0.5, 0.6) is 0 Å². The van der Waals surface area contributed by atoms with E-state index in [9.17, 15) is 0 Å². The maximum atomic E-state index is 6.61. The van der Waals surface area contributed by atoms with Crippen LogP contribution in [0.15, 0.2) is 171 Å². The molecule has 0 aliphatic heterocycles. The zero-order valence-corrected chi connectivity index (χ0v) is 46.8. The van der Waals surface area contributed by atoms with Crippen molar-refractivity contribution >= 4 is 111 Å².